The van der Waals surface area contributed by atoms with Crippen molar-refractivity contribution in [2.24, 2.45) is 0 Å². The minimum absolute atomic E-state index is 0.222. The molecule has 1 aromatic rings. The second-order valence-corrected chi connectivity index (χ2v) is 4.70. The Labute approximate surface area is 105 Å². The summed E-state index contributed by atoms with van der Waals surface area (Å²) in [5.74, 6) is 0. The Bertz CT molecular complexity index is 349. The Hall–Kier alpha value is -1.02. The molecule has 1 aromatic carbocycles. The average Bonchev–Trinajstić information content (AvgIpc) is 2.30. The second-order valence-electron chi connectivity index (χ2n) is 4.70. The maximum absolute atomic E-state index is 9.93. The minimum Gasteiger partial charge on any atom is -0.391 e. The van der Waals surface area contributed by atoms with E-state index in [4.69, 9.17) is 0 Å². The fraction of sp³-hybridized carbons (Fsp3) is 0.600. The molecule has 0 heterocycles. The fourth-order valence-corrected chi connectivity index (χ4v) is 2.15. The van der Waals surface area contributed by atoms with Crippen LogP contribution in [0.15, 0.2) is 18.2 Å². The molecule has 2 heteroatoms. The SMILES string of the molecule is CCCC(O)CN(CC)c1cccc(C)c1C. The van der Waals surface area contributed by atoms with Crippen molar-refractivity contribution in [3.05, 3.63) is 29.3 Å². The topological polar surface area (TPSA) is 23.5 Å². The molecule has 0 amide bonds. The largest absolute Gasteiger partial charge is 0.391 e. The summed E-state index contributed by atoms with van der Waals surface area (Å²) in [5, 5.41) is 9.93. The molecular formula is C15H25NO. The summed E-state index contributed by atoms with van der Waals surface area (Å²) >= 11 is 0. The van der Waals surface area contributed by atoms with Crippen LogP contribution in [0, 0.1) is 13.8 Å². The quantitative estimate of drug-likeness (QED) is 0.818. The number of hydrogen-bond acceptors (Lipinski definition) is 2. The Morgan fingerprint density at radius 2 is 1.94 bits per heavy atom. The van der Waals surface area contributed by atoms with Crippen molar-refractivity contribution in [2.45, 2.75) is 46.6 Å². The first kappa shape index (κ1) is 14.0. The van der Waals surface area contributed by atoms with Crippen molar-refractivity contribution >= 4 is 5.69 Å². The van der Waals surface area contributed by atoms with E-state index in [9.17, 15) is 5.11 Å². The van der Waals surface area contributed by atoms with Gasteiger partial charge in [0.2, 0.25) is 0 Å². The highest BCUT2D eigenvalue weighted by molar-refractivity contribution is 5.55. The van der Waals surface area contributed by atoms with Gasteiger partial charge < -0.3 is 10.0 Å². The summed E-state index contributed by atoms with van der Waals surface area (Å²) in [6.45, 7) is 10.2. The van der Waals surface area contributed by atoms with Crippen LogP contribution in [0.4, 0.5) is 5.69 Å². The molecule has 1 N–H and O–H groups in total. The van der Waals surface area contributed by atoms with Crippen molar-refractivity contribution < 1.29 is 5.11 Å². The fourth-order valence-electron chi connectivity index (χ4n) is 2.15. The first-order valence-corrected chi connectivity index (χ1v) is 6.59. The minimum atomic E-state index is -0.222. The summed E-state index contributed by atoms with van der Waals surface area (Å²) in [6.07, 6.45) is 1.69. The number of nitrogens with zero attached hydrogens (tertiary/aromatic N) is 1. The van der Waals surface area contributed by atoms with Gasteiger partial charge in [-0.15, -0.1) is 0 Å². The molecule has 96 valence electrons. The Morgan fingerprint density at radius 3 is 2.53 bits per heavy atom. The number of aliphatic hydroxyl groups excluding tert-OH is 1. The lowest BCUT2D eigenvalue weighted by atomic mass is 10.1. The van der Waals surface area contributed by atoms with Gasteiger partial charge in [0.25, 0.3) is 0 Å². The van der Waals surface area contributed by atoms with Gasteiger partial charge in [-0.1, -0.05) is 25.5 Å². The van der Waals surface area contributed by atoms with Crippen LogP contribution in [-0.2, 0) is 0 Å². The molecule has 0 bridgehead atoms. The first-order valence-electron chi connectivity index (χ1n) is 6.59. The Kier molecular flexibility index (Phi) is 5.49. The Balaban J connectivity index is 2.82. The number of aliphatic hydroxyl groups is 1. The van der Waals surface area contributed by atoms with Gasteiger partial charge in [0.05, 0.1) is 6.10 Å². The van der Waals surface area contributed by atoms with Crippen LogP contribution in [0.5, 0.6) is 0 Å². The molecule has 0 aliphatic rings. The van der Waals surface area contributed by atoms with Gasteiger partial charge in [0.1, 0.15) is 0 Å². The Morgan fingerprint density at radius 1 is 1.24 bits per heavy atom. The number of likely N-dealkylation sites (N-methyl/N-ethyl adjacent to an activating group) is 1. The van der Waals surface area contributed by atoms with Crippen LogP contribution in [0.1, 0.15) is 37.8 Å². The van der Waals surface area contributed by atoms with Gasteiger partial charge in [0.15, 0.2) is 0 Å². The number of hydrogen-bond donors (Lipinski definition) is 1. The number of benzene rings is 1. The predicted molar refractivity (Wildman–Crippen MR) is 74.7 cm³/mol. The highest BCUT2D eigenvalue weighted by atomic mass is 16.3. The lowest BCUT2D eigenvalue weighted by Crippen LogP contribution is -2.32. The molecule has 0 fully saturated rings. The third kappa shape index (κ3) is 3.74. The maximum atomic E-state index is 9.93. The van der Waals surface area contributed by atoms with Gasteiger partial charge in [-0.25, -0.2) is 0 Å². The standard InChI is InChI=1S/C15H25NO/c1-5-8-14(17)11-16(6-2)15-10-7-9-12(3)13(15)4/h7,9-10,14,17H,5-6,8,11H2,1-4H3. The summed E-state index contributed by atoms with van der Waals surface area (Å²) in [7, 11) is 0. The predicted octanol–water partition coefficient (Wildman–Crippen LogP) is 3.29. The average molecular weight is 235 g/mol. The normalized spacial score (nSPS) is 12.5. The zero-order valence-corrected chi connectivity index (χ0v) is 11.5. The van der Waals surface area contributed by atoms with E-state index < -0.39 is 0 Å². The van der Waals surface area contributed by atoms with Crippen molar-refractivity contribution in [1.82, 2.24) is 0 Å². The molecular weight excluding hydrogens is 210 g/mol. The number of anilines is 1. The second kappa shape index (κ2) is 6.65. The van der Waals surface area contributed by atoms with Crippen molar-refractivity contribution in [3.63, 3.8) is 0 Å². The van der Waals surface area contributed by atoms with E-state index in [1.54, 1.807) is 0 Å². The van der Waals surface area contributed by atoms with Crippen LogP contribution in [-0.4, -0.2) is 24.3 Å². The maximum Gasteiger partial charge on any atom is 0.0715 e. The molecule has 1 atom stereocenters. The van der Waals surface area contributed by atoms with Gasteiger partial charge in [-0.05, 0) is 44.4 Å². The lowest BCUT2D eigenvalue weighted by Gasteiger charge is -2.28. The molecule has 0 aromatic heterocycles. The van der Waals surface area contributed by atoms with Gasteiger partial charge in [-0.3, -0.25) is 0 Å². The van der Waals surface area contributed by atoms with E-state index in [2.05, 4.69) is 50.8 Å². The van der Waals surface area contributed by atoms with Crippen molar-refractivity contribution in [3.8, 4) is 0 Å². The smallest absolute Gasteiger partial charge is 0.0715 e. The van der Waals surface area contributed by atoms with E-state index in [0.717, 1.165) is 25.9 Å². The molecule has 0 aliphatic carbocycles. The summed E-state index contributed by atoms with van der Waals surface area (Å²) < 4.78 is 0. The van der Waals surface area contributed by atoms with E-state index in [0.29, 0.717) is 0 Å². The van der Waals surface area contributed by atoms with Crippen LogP contribution < -0.4 is 4.90 Å². The number of aryl methyl sites for hydroxylation is 1. The molecule has 0 saturated heterocycles. The highest BCUT2D eigenvalue weighted by Gasteiger charge is 2.12. The third-order valence-electron chi connectivity index (χ3n) is 3.35. The van der Waals surface area contributed by atoms with Crippen LogP contribution >= 0.6 is 0 Å². The zero-order valence-electron chi connectivity index (χ0n) is 11.5. The van der Waals surface area contributed by atoms with Crippen LogP contribution in [0.2, 0.25) is 0 Å². The summed E-state index contributed by atoms with van der Waals surface area (Å²) in [6, 6.07) is 6.37. The first-order chi connectivity index (χ1) is 8.10. The molecule has 2 nitrogen and oxygen atoms in total. The lowest BCUT2D eigenvalue weighted by molar-refractivity contribution is 0.169. The molecule has 1 unspecified atom stereocenters. The molecule has 0 saturated carbocycles. The zero-order chi connectivity index (χ0) is 12.8. The van der Waals surface area contributed by atoms with Crippen molar-refractivity contribution in [2.75, 3.05) is 18.0 Å². The van der Waals surface area contributed by atoms with Crippen LogP contribution in [0.25, 0.3) is 0 Å². The van der Waals surface area contributed by atoms with Gasteiger partial charge in [-0.2, -0.15) is 0 Å². The van der Waals surface area contributed by atoms with E-state index in [-0.39, 0.29) is 6.10 Å². The molecule has 0 radical (unpaired) electrons. The van der Waals surface area contributed by atoms with Gasteiger partial charge in [0, 0.05) is 18.8 Å². The molecule has 17 heavy (non-hydrogen) atoms. The third-order valence-corrected chi connectivity index (χ3v) is 3.35. The van der Waals surface area contributed by atoms with E-state index >= 15 is 0 Å². The van der Waals surface area contributed by atoms with Crippen LogP contribution in [0.3, 0.4) is 0 Å². The van der Waals surface area contributed by atoms with Crippen molar-refractivity contribution in [1.29, 1.82) is 0 Å². The monoisotopic (exact) mass is 235 g/mol. The summed E-state index contributed by atoms with van der Waals surface area (Å²) in [4.78, 5) is 2.27. The number of rotatable bonds is 6. The molecule has 0 aliphatic heterocycles. The molecule has 0 spiro atoms. The van der Waals surface area contributed by atoms with Gasteiger partial charge >= 0.3 is 0 Å². The highest BCUT2D eigenvalue weighted by Crippen LogP contribution is 2.23. The summed E-state index contributed by atoms with van der Waals surface area (Å²) in [5.41, 5.74) is 3.88. The van der Waals surface area contributed by atoms with E-state index in [1.165, 1.54) is 16.8 Å². The van der Waals surface area contributed by atoms with E-state index in [1.807, 2.05) is 0 Å². The molecule has 1 rings (SSSR count).